The van der Waals surface area contributed by atoms with E-state index >= 15 is 0 Å². The normalized spacial score (nSPS) is 29.2. The van der Waals surface area contributed by atoms with Crippen LogP contribution in [0, 0.1) is 0 Å². The molecule has 2 aliphatic heterocycles. The van der Waals surface area contributed by atoms with Gasteiger partial charge in [0, 0.05) is 20.1 Å². The fraction of sp³-hybridized carbons (Fsp3) is 0.923. The van der Waals surface area contributed by atoms with Gasteiger partial charge in [-0.25, -0.2) is 0 Å². The standard InChI is InChI=1S/C13H23F3N4O/c1-17-12(18-5-6-20(2)8-13(14,15)16)19-10-7-9-3-4-11(10)21-9/h9-11H,3-8H2,1-2H3,(H2,17,18,19). The van der Waals surface area contributed by atoms with Crippen molar-refractivity contribution >= 4 is 5.96 Å². The van der Waals surface area contributed by atoms with Gasteiger partial charge in [0.1, 0.15) is 0 Å². The quantitative estimate of drug-likeness (QED) is 0.587. The van der Waals surface area contributed by atoms with Crippen LogP contribution in [0.5, 0.6) is 0 Å². The molecule has 5 nitrogen and oxygen atoms in total. The molecule has 3 unspecified atom stereocenters. The molecule has 2 rings (SSSR count). The summed E-state index contributed by atoms with van der Waals surface area (Å²) in [5, 5.41) is 6.34. The number of nitrogens with one attached hydrogen (secondary N) is 2. The molecule has 2 fully saturated rings. The van der Waals surface area contributed by atoms with Gasteiger partial charge in [-0.05, 0) is 26.3 Å². The third-order valence-electron chi connectivity index (χ3n) is 3.89. The smallest absolute Gasteiger partial charge is 0.373 e. The molecule has 0 saturated carbocycles. The van der Waals surface area contributed by atoms with Gasteiger partial charge in [-0.1, -0.05) is 0 Å². The molecule has 2 bridgehead atoms. The van der Waals surface area contributed by atoms with E-state index in [2.05, 4.69) is 15.6 Å². The Bertz CT molecular complexity index is 375. The summed E-state index contributed by atoms with van der Waals surface area (Å²) in [5.74, 6) is 0.622. The minimum atomic E-state index is -4.16. The summed E-state index contributed by atoms with van der Waals surface area (Å²) >= 11 is 0. The van der Waals surface area contributed by atoms with E-state index in [1.54, 1.807) is 7.05 Å². The number of guanidine groups is 1. The van der Waals surface area contributed by atoms with E-state index < -0.39 is 12.7 Å². The van der Waals surface area contributed by atoms with E-state index in [-0.39, 0.29) is 12.1 Å². The molecule has 0 aromatic carbocycles. The average molecular weight is 308 g/mol. The van der Waals surface area contributed by atoms with Crippen LogP contribution in [0.25, 0.3) is 0 Å². The average Bonchev–Trinajstić information content (AvgIpc) is 2.97. The van der Waals surface area contributed by atoms with Crippen LogP contribution >= 0.6 is 0 Å². The van der Waals surface area contributed by atoms with Crippen molar-refractivity contribution in [1.29, 1.82) is 0 Å². The Hall–Kier alpha value is -1.02. The second-order valence-electron chi connectivity index (χ2n) is 5.71. The summed E-state index contributed by atoms with van der Waals surface area (Å²) in [4.78, 5) is 5.34. The first kappa shape index (κ1) is 16.4. The molecule has 8 heteroatoms. The van der Waals surface area contributed by atoms with Crippen molar-refractivity contribution in [1.82, 2.24) is 15.5 Å². The lowest BCUT2D eigenvalue weighted by molar-refractivity contribution is -0.142. The molecule has 0 aromatic heterocycles. The van der Waals surface area contributed by atoms with Crippen LogP contribution in [-0.4, -0.2) is 69.0 Å². The molecule has 2 saturated heterocycles. The Kier molecular flexibility index (Phi) is 5.32. The molecule has 21 heavy (non-hydrogen) atoms. The number of halogens is 3. The van der Waals surface area contributed by atoms with Gasteiger partial charge in [0.2, 0.25) is 0 Å². The Morgan fingerprint density at radius 1 is 1.38 bits per heavy atom. The molecule has 2 N–H and O–H groups in total. The zero-order valence-corrected chi connectivity index (χ0v) is 12.4. The summed E-state index contributed by atoms with van der Waals surface area (Å²) in [6.07, 6.45) is -0.413. The summed E-state index contributed by atoms with van der Waals surface area (Å²) in [5.41, 5.74) is 0. The van der Waals surface area contributed by atoms with Crippen molar-refractivity contribution < 1.29 is 17.9 Å². The number of aliphatic imine (C=N–C) groups is 1. The highest BCUT2D eigenvalue weighted by Gasteiger charge is 2.41. The number of alkyl halides is 3. The zero-order chi connectivity index (χ0) is 15.5. The molecule has 0 aliphatic carbocycles. The van der Waals surface area contributed by atoms with Gasteiger partial charge in [-0.15, -0.1) is 0 Å². The summed E-state index contributed by atoms with van der Waals surface area (Å²) in [6, 6.07) is 0.253. The lowest BCUT2D eigenvalue weighted by atomic mass is 9.96. The van der Waals surface area contributed by atoms with Gasteiger partial charge in [-0.2, -0.15) is 13.2 Å². The van der Waals surface area contributed by atoms with E-state index in [9.17, 15) is 13.2 Å². The highest BCUT2D eigenvalue weighted by molar-refractivity contribution is 5.80. The molecule has 2 heterocycles. The predicted molar refractivity (Wildman–Crippen MR) is 74.3 cm³/mol. The van der Waals surface area contributed by atoms with E-state index in [0.29, 0.717) is 25.2 Å². The first-order valence-corrected chi connectivity index (χ1v) is 7.25. The third kappa shape index (κ3) is 5.03. The first-order valence-electron chi connectivity index (χ1n) is 7.25. The van der Waals surface area contributed by atoms with Crippen LogP contribution in [0.3, 0.4) is 0 Å². The fourth-order valence-corrected chi connectivity index (χ4v) is 2.91. The number of hydrogen-bond acceptors (Lipinski definition) is 3. The van der Waals surface area contributed by atoms with Gasteiger partial charge in [0.05, 0.1) is 24.8 Å². The molecular formula is C13H23F3N4O. The van der Waals surface area contributed by atoms with Crippen LogP contribution in [0.4, 0.5) is 13.2 Å². The number of nitrogens with zero attached hydrogens (tertiary/aromatic N) is 2. The van der Waals surface area contributed by atoms with E-state index in [1.807, 2.05) is 0 Å². The molecule has 122 valence electrons. The molecule has 3 atom stereocenters. The van der Waals surface area contributed by atoms with Crippen molar-refractivity contribution in [3.05, 3.63) is 0 Å². The monoisotopic (exact) mass is 308 g/mol. The van der Waals surface area contributed by atoms with Crippen LogP contribution < -0.4 is 10.6 Å². The second-order valence-corrected chi connectivity index (χ2v) is 5.71. The Labute approximate surface area is 122 Å². The number of rotatable bonds is 5. The lowest BCUT2D eigenvalue weighted by Gasteiger charge is -2.23. The van der Waals surface area contributed by atoms with Gasteiger partial charge in [-0.3, -0.25) is 9.89 Å². The summed E-state index contributed by atoms with van der Waals surface area (Å²) in [7, 11) is 3.11. The summed E-state index contributed by atoms with van der Waals surface area (Å²) in [6.45, 7) is -0.192. The largest absolute Gasteiger partial charge is 0.401 e. The molecule has 0 radical (unpaired) electrons. The van der Waals surface area contributed by atoms with Gasteiger partial charge >= 0.3 is 6.18 Å². The third-order valence-corrected chi connectivity index (χ3v) is 3.89. The van der Waals surface area contributed by atoms with Crippen molar-refractivity contribution in [3.8, 4) is 0 Å². The van der Waals surface area contributed by atoms with Crippen LogP contribution in [0.2, 0.25) is 0 Å². The topological polar surface area (TPSA) is 48.9 Å². The predicted octanol–water partition coefficient (Wildman–Crippen LogP) is 0.965. The highest BCUT2D eigenvalue weighted by Crippen LogP contribution is 2.34. The van der Waals surface area contributed by atoms with Crippen LogP contribution in [-0.2, 0) is 4.74 Å². The van der Waals surface area contributed by atoms with Crippen LogP contribution in [0.15, 0.2) is 4.99 Å². The van der Waals surface area contributed by atoms with E-state index in [1.165, 1.54) is 11.9 Å². The number of hydrogen-bond donors (Lipinski definition) is 2. The molecule has 0 aromatic rings. The second kappa shape index (κ2) is 6.83. The summed E-state index contributed by atoms with van der Waals surface area (Å²) < 4.78 is 42.4. The Morgan fingerprint density at radius 2 is 2.14 bits per heavy atom. The molecular weight excluding hydrogens is 285 g/mol. The van der Waals surface area contributed by atoms with Crippen molar-refractivity contribution in [3.63, 3.8) is 0 Å². The Morgan fingerprint density at radius 3 is 2.67 bits per heavy atom. The molecule has 0 spiro atoms. The van der Waals surface area contributed by atoms with Gasteiger partial charge in [0.25, 0.3) is 0 Å². The fourth-order valence-electron chi connectivity index (χ4n) is 2.91. The Balaban J connectivity index is 1.66. The number of fused-ring (bicyclic) bond motifs is 2. The molecule has 0 amide bonds. The SMILES string of the molecule is CN=C(NCCN(C)CC(F)(F)F)NC1CC2CCC1O2. The zero-order valence-electron chi connectivity index (χ0n) is 12.4. The van der Waals surface area contributed by atoms with Crippen molar-refractivity contribution in [2.45, 2.75) is 43.7 Å². The maximum absolute atomic E-state index is 12.2. The number of ether oxygens (including phenoxy) is 1. The van der Waals surface area contributed by atoms with Crippen LogP contribution in [0.1, 0.15) is 19.3 Å². The molecule has 2 aliphatic rings. The van der Waals surface area contributed by atoms with Gasteiger partial charge in [0.15, 0.2) is 5.96 Å². The maximum atomic E-state index is 12.2. The first-order chi connectivity index (χ1) is 9.87. The van der Waals surface area contributed by atoms with E-state index in [0.717, 1.165) is 19.3 Å². The maximum Gasteiger partial charge on any atom is 0.401 e. The highest BCUT2D eigenvalue weighted by atomic mass is 19.4. The lowest BCUT2D eigenvalue weighted by Crippen LogP contribution is -2.49. The minimum absolute atomic E-state index is 0.237. The van der Waals surface area contributed by atoms with Crippen molar-refractivity contribution in [2.24, 2.45) is 4.99 Å². The van der Waals surface area contributed by atoms with Crippen molar-refractivity contribution in [2.75, 3.05) is 33.7 Å². The van der Waals surface area contributed by atoms with Gasteiger partial charge < -0.3 is 15.4 Å². The number of likely N-dealkylation sites (N-methyl/N-ethyl adjacent to an activating group) is 1. The minimum Gasteiger partial charge on any atom is -0.373 e. The van der Waals surface area contributed by atoms with E-state index in [4.69, 9.17) is 4.74 Å².